The molecule has 4 nitrogen and oxygen atoms in total. The van der Waals surface area contributed by atoms with Gasteiger partial charge in [0.15, 0.2) is 0 Å². The molecule has 116 valence electrons. The number of rotatable bonds is 3. The van der Waals surface area contributed by atoms with Gasteiger partial charge in [-0.3, -0.25) is 9.69 Å². The van der Waals surface area contributed by atoms with Gasteiger partial charge in [0, 0.05) is 31.7 Å². The third kappa shape index (κ3) is 3.17. The summed E-state index contributed by atoms with van der Waals surface area (Å²) in [7, 11) is 2.15. The number of hydrogen-bond donors (Lipinski definition) is 1. The van der Waals surface area contributed by atoms with Crippen molar-refractivity contribution in [2.45, 2.75) is 52.0 Å². The van der Waals surface area contributed by atoms with E-state index in [1.165, 1.54) is 0 Å². The molecule has 0 amide bonds. The highest BCUT2D eigenvalue weighted by molar-refractivity contribution is 5.68. The monoisotopic (exact) mass is 282 g/mol. The van der Waals surface area contributed by atoms with Gasteiger partial charge in [-0.1, -0.05) is 20.8 Å². The number of hydrogen-bond acceptors (Lipinski definition) is 3. The van der Waals surface area contributed by atoms with Crippen LogP contribution >= 0.6 is 0 Å². The summed E-state index contributed by atoms with van der Waals surface area (Å²) >= 11 is 0. The van der Waals surface area contributed by atoms with Gasteiger partial charge < -0.3 is 10.0 Å². The Balaban J connectivity index is 2.20. The number of likely N-dealkylation sites (N-methyl/N-ethyl adjacent to an activating group) is 1. The molecule has 2 rings (SSSR count). The lowest BCUT2D eigenvalue weighted by Crippen LogP contribution is -2.62. The molecule has 20 heavy (non-hydrogen) atoms. The summed E-state index contributed by atoms with van der Waals surface area (Å²) < 4.78 is 0. The van der Waals surface area contributed by atoms with E-state index in [0.29, 0.717) is 17.8 Å². The van der Waals surface area contributed by atoms with Crippen molar-refractivity contribution in [1.29, 1.82) is 0 Å². The average Bonchev–Trinajstić information content (AvgIpc) is 2.33. The molecule has 1 saturated carbocycles. The largest absolute Gasteiger partial charge is 0.481 e. The SMILES string of the molecule is CC1CC(C)(C)CCC1(CC(=O)O)N1CCN(C)CC1. The van der Waals surface area contributed by atoms with Gasteiger partial charge in [0.05, 0.1) is 6.42 Å². The predicted octanol–water partition coefficient (Wildman–Crippen LogP) is 2.29. The molecule has 2 unspecified atom stereocenters. The predicted molar refractivity (Wildman–Crippen MR) is 80.8 cm³/mol. The summed E-state index contributed by atoms with van der Waals surface area (Å²) in [4.78, 5) is 16.3. The summed E-state index contributed by atoms with van der Waals surface area (Å²) in [6.07, 6.45) is 3.59. The maximum atomic E-state index is 11.4. The van der Waals surface area contributed by atoms with Crippen LogP contribution < -0.4 is 0 Å². The van der Waals surface area contributed by atoms with Crippen molar-refractivity contribution in [1.82, 2.24) is 9.80 Å². The van der Waals surface area contributed by atoms with Gasteiger partial charge in [0.2, 0.25) is 0 Å². The molecule has 0 aromatic heterocycles. The van der Waals surface area contributed by atoms with E-state index in [1.54, 1.807) is 0 Å². The highest BCUT2D eigenvalue weighted by Crippen LogP contribution is 2.48. The Morgan fingerprint density at radius 2 is 1.80 bits per heavy atom. The van der Waals surface area contributed by atoms with E-state index in [1.807, 2.05) is 0 Å². The molecule has 1 aliphatic carbocycles. The zero-order chi connectivity index (χ0) is 15.0. The van der Waals surface area contributed by atoms with Gasteiger partial charge >= 0.3 is 5.97 Å². The molecular formula is C16H30N2O2. The van der Waals surface area contributed by atoms with Crippen molar-refractivity contribution < 1.29 is 9.90 Å². The van der Waals surface area contributed by atoms with Crippen molar-refractivity contribution >= 4 is 5.97 Å². The summed E-state index contributed by atoms with van der Waals surface area (Å²) in [5, 5.41) is 9.42. The van der Waals surface area contributed by atoms with Gasteiger partial charge in [0.1, 0.15) is 0 Å². The third-order valence-corrected chi connectivity index (χ3v) is 5.60. The van der Waals surface area contributed by atoms with E-state index in [-0.39, 0.29) is 5.54 Å². The smallest absolute Gasteiger partial charge is 0.305 e. The molecule has 0 spiro atoms. The average molecular weight is 282 g/mol. The van der Waals surface area contributed by atoms with E-state index in [0.717, 1.165) is 45.4 Å². The molecule has 2 atom stereocenters. The molecule has 0 aromatic carbocycles. The highest BCUT2D eigenvalue weighted by Gasteiger charge is 2.49. The second-order valence-corrected chi connectivity index (χ2v) is 7.73. The molecule has 0 bridgehead atoms. The molecular weight excluding hydrogens is 252 g/mol. The number of carboxylic acid groups (broad SMARTS) is 1. The lowest BCUT2D eigenvalue weighted by molar-refractivity contribution is -0.145. The number of piperazine rings is 1. The van der Waals surface area contributed by atoms with Gasteiger partial charge in [-0.2, -0.15) is 0 Å². The quantitative estimate of drug-likeness (QED) is 0.862. The van der Waals surface area contributed by atoms with Crippen LogP contribution in [0.1, 0.15) is 46.5 Å². The second kappa shape index (κ2) is 5.64. The second-order valence-electron chi connectivity index (χ2n) is 7.73. The first-order chi connectivity index (χ1) is 9.25. The fourth-order valence-electron chi connectivity index (χ4n) is 4.28. The topological polar surface area (TPSA) is 43.8 Å². The van der Waals surface area contributed by atoms with Gasteiger partial charge in [-0.05, 0) is 37.6 Å². The maximum Gasteiger partial charge on any atom is 0.305 e. The minimum Gasteiger partial charge on any atom is -0.481 e. The Morgan fingerprint density at radius 3 is 2.30 bits per heavy atom. The standard InChI is InChI=1S/C16H30N2O2/c1-13-11-15(2,3)5-6-16(13,12-14(19)20)18-9-7-17(4)8-10-18/h13H,5-12H2,1-4H3,(H,19,20). The normalized spacial score (nSPS) is 35.9. The summed E-state index contributed by atoms with van der Waals surface area (Å²) in [6, 6.07) is 0. The van der Waals surface area contributed by atoms with Crippen molar-refractivity contribution in [3.8, 4) is 0 Å². The summed E-state index contributed by atoms with van der Waals surface area (Å²) in [6.45, 7) is 11.0. The van der Waals surface area contributed by atoms with E-state index >= 15 is 0 Å². The van der Waals surface area contributed by atoms with E-state index in [9.17, 15) is 9.90 Å². The molecule has 1 aliphatic heterocycles. The zero-order valence-electron chi connectivity index (χ0n) is 13.5. The fraction of sp³-hybridized carbons (Fsp3) is 0.938. The van der Waals surface area contributed by atoms with Crippen molar-refractivity contribution in [3.05, 3.63) is 0 Å². The lowest BCUT2D eigenvalue weighted by atomic mass is 9.62. The first-order valence-electron chi connectivity index (χ1n) is 7.91. The van der Waals surface area contributed by atoms with E-state index < -0.39 is 5.97 Å². The summed E-state index contributed by atoms with van der Waals surface area (Å²) in [5.74, 6) is -0.193. The van der Waals surface area contributed by atoms with Gasteiger partial charge in [0.25, 0.3) is 0 Å². The number of carbonyl (C=O) groups is 1. The molecule has 0 aromatic rings. The number of aliphatic carboxylic acids is 1. The van der Waals surface area contributed by atoms with Crippen LogP contribution in [-0.4, -0.2) is 59.6 Å². The Bertz CT molecular complexity index is 361. The van der Waals surface area contributed by atoms with Crippen LogP contribution in [0.3, 0.4) is 0 Å². The Labute approximate surface area is 123 Å². The molecule has 0 radical (unpaired) electrons. The Kier molecular flexibility index (Phi) is 4.45. The Morgan fingerprint density at radius 1 is 1.20 bits per heavy atom. The van der Waals surface area contributed by atoms with Crippen LogP contribution in [0.2, 0.25) is 0 Å². The first kappa shape index (κ1) is 15.8. The maximum absolute atomic E-state index is 11.4. The van der Waals surface area contributed by atoms with Crippen LogP contribution in [0.5, 0.6) is 0 Å². The molecule has 1 heterocycles. The first-order valence-corrected chi connectivity index (χ1v) is 7.91. The van der Waals surface area contributed by atoms with Crippen LogP contribution in [0.4, 0.5) is 0 Å². The van der Waals surface area contributed by atoms with Crippen molar-refractivity contribution in [2.24, 2.45) is 11.3 Å². The van der Waals surface area contributed by atoms with Gasteiger partial charge in [-0.15, -0.1) is 0 Å². The van der Waals surface area contributed by atoms with Crippen molar-refractivity contribution in [2.75, 3.05) is 33.2 Å². The van der Waals surface area contributed by atoms with Crippen LogP contribution in [0.25, 0.3) is 0 Å². The highest BCUT2D eigenvalue weighted by atomic mass is 16.4. The molecule has 1 N–H and O–H groups in total. The number of carboxylic acids is 1. The van der Waals surface area contributed by atoms with E-state index in [2.05, 4.69) is 37.6 Å². The lowest BCUT2D eigenvalue weighted by Gasteiger charge is -2.55. The Hall–Kier alpha value is -0.610. The van der Waals surface area contributed by atoms with Crippen molar-refractivity contribution in [3.63, 3.8) is 0 Å². The third-order valence-electron chi connectivity index (χ3n) is 5.60. The fourth-order valence-corrected chi connectivity index (χ4v) is 4.28. The minimum absolute atomic E-state index is 0.122. The van der Waals surface area contributed by atoms with Crippen LogP contribution in [0.15, 0.2) is 0 Å². The number of nitrogens with zero attached hydrogens (tertiary/aromatic N) is 2. The van der Waals surface area contributed by atoms with Crippen LogP contribution in [-0.2, 0) is 4.79 Å². The zero-order valence-corrected chi connectivity index (χ0v) is 13.5. The minimum atomic E-state index is -0.643. The molecule has 2 aliphatic rings. The molecule has 4 heteroatoms. The van der Waals surface area contributed by atoms with Gasteiger partial charge in [-0.25, -0.2) is 0 Å². The van der Waals surface area contributed by atoms with Crippen LogP contribution in [0, 0.1) is 11.3 Å². The summed E-state index contributed by atoms with van der Waals surface area (Å²) in [5.41, 5.74) is 0.233. The molecule has 2 fully saturated rings. The molecule has 1 saturated heterocycles. The van der Waals surface area contributed by atoms with E-state index in [4.69, 9.17) is 0 Å².